The lowest BCUT2D eigenvalue weighted by molar-refractivity contribution is -0.151. The molecule has 2 aromatic heterocycles. The van der Waals surface area contributed by atoms with Gasteiger partial charge in [-0.1, -0.05) is 66.7 Å². The van der Waals surface area contributed by atoms with Crippen LogP contribution in [-0.2, 0) is 22.5 Å². The number of aromatic nitrogens is 3. The summed E-state index contributed by atoms with van der Waals surface area (Å²) in [6.45, 7) is 8.59. The van der Waals surface area contributed by atoms with Gasteiger partial charge in [-0.05, 0) is 101 Å². The fourth-order valence-electron chi connectivity index (χ4n) is 9.31. The first-order chi connectivity index (χ1) is 29.6. The van der Waals surface area contributed by atoms with Gasteiger partial charge in [0.1, 0.15) is 30.0 Å². The second-order valence-corrected chi connectivity index (χ2v) is 18.2. The first-order valence-electron chi connectivity index (χ1n) is 21.4. The molecule has 3 saturated heterocycles. The van der Waals surface area contributed by atoms with E-state index in [0.717, 1.165) is 65.6 Å². The number of hydrogen-bond donors (Lipinski definition) is 2. The third kappa shape index (κ3) is 9.53. The highest BCUT2D eigenvalue weighted by atomic mass is 19.2. The predicted octanol–water partition coefficient (Wildman–Crippen LogP) is 8.29. The molecule has 2 unspecified atom stereocenters. The number of piperidine rings is 1. The number of amides is 2. The van der Waals surface area contributed by atoms with Crippen LogP contribution in [0.2, 0.25) is 0 Å². The third-order valence-electron chi connectivity index (χ3n) is 11.9. The third-order valence-corrected chi connectivity index (χ3v) is 11.9. The Bertz CT molecular complexity index is 2430. The van der Waals surface area contributed by atoms with Crippen LogP contribution in [0.4, 0.5) is 18.4 Å². The normalized spacial score (nSPS) is 21.2. The SMILES string of the molecule is CC1(NC(=O)OCCCc2cccc3cccc(-c4ncc5c(OCc6ccccc6)nc(OCC67CCCN6CCC7)nc5c4F)c23)CN(C(=O)OC(C)(C)C)CC(O)(F)C1. The Morgan fingerprint density at radius 2 is 1.69 bits per heavy atom. The van der Waals surface area contributed by atoms with Crippen LogP contribution in [0, 0.1) is 5.82 Å². The van der Waals surface area contributed by atoms with Gasteiger partial charge in [-0.25, -0.2) is 18.4 Å². The molecule has 0 bridgehead atoms. The van der Waals surface area contributed by atoms with E-state index in [4.69, 9.17) is 18.9 Å². The van der Waals surface area contributed by atoms with Crippen molar-refractivity contribution in [2.75, 3.05) is 39.4 Å². The van der Waals surface area contributed by atoms with Crippen LogP contribution in [0.5, 0.6) is 11.9 Å². The number of fused-ring (bicyclic) bond motifs is 3. The lowest BCUT2D eigenvalue weighted by Crippen LogP contribution is -2.65. The summed E-state index contributed by atoms with van der Waals surface area (Å²) in [5.74, 6) is -3.21. The predicted molar refractivity (Wildman–Crippen MR) is 229 cm³/mol. The average Bonchev–Trinajstić information content (AvgIpc) is 3.81. The highest BCUT2D eigenvalue weighted by Crippen LogP contribution is 2.40. The highest BCUT2D eigenvalue weighted by molar-refractivity contribution is 6.00. The van der Waals surface area contributed by atoms with E-state index in [0.29, 0.717) is 30.4 Å². The van der Waals surface area contributed by atoms with Gasteiger partial charge in [0.15, 0.2) is 5.82 Å². The van der Waals surface area contributed by atoms with Crippen LogP contribution < -0.4 is 14.8 Å². The molecule has 3 aliphatic rings. The summed E-state index contributed by atoms with van der Waals surface area (Å²) in [6.07, 6.45) is 4.61. The van der Waals surface area contributed by atoms with Crippen molar-refractivity contribution < 1.29 is 42.4 Å². The van der Waals surface area contributed by atoms with E-state index in [1.807, 2.05) is 66.7 Å². The summed E-state index contributed by atoms with van der Waals surface area (Å²) in [7, 11) is 0. The molecule has 328 valence electrons. The van der Waals surface area contributed by atoms with Crippen LogP contribution in [-0.4, -0.2) is 104 Å². The number of halogens is 2. The number of rotatable bonds is 12. The van der Waals surface area contributed by atoms with Crippen molar-refractivity contribution in [3.8, 4) is 23.1 Å². The molecule has 3 fully saturated rings. The Labute approximate surface area is 359 Å². The molecule has 8 rings (SSSR count). The maximum Gasteiger partial charge on any atom is 0.410 e. The van der Waals surface area contributed by atoms with Crippen LogP contribution in [0.1, 0.15) is 77.3 Å². The largest absolute Gasteiger partial charge is 0.472 e. The molecule has 5 heterocycles. The zero-order valence-electron chi connectivity index (χ0n) is 35.7. The molecule has 0 saturated carbocycles. The summed E-state index contributed by atoms with van der Waals surface area (Å²) >= 11 is 0. The molecule has 2 amide bonds. The topological polar surface area (TPSA) is 148 Å². The smallest absolute Gasteiger partial charge is 0.410 e. The fourth-order valence-corrected chi connectivity index (χ4v) is 9.31. The minimum atomic E-state index is -2.75. The van der Waals surface area contributed by atoms with Crippen molar-refractivity contribution in [3.63, 3.8) is 0 Å². The molecule has 3 aromatic carbocycles. The summed E-state index contributed by atoms with van der Waals surface area (Å²) < 4.78 is 55.6. The Hall–Kier alpha value is -5.67. The monoisotopic (exact) mass is 852 g/mol. The molecular formula is C47H54F2N6O7. The van der Waals surface area contributed by atoms with E-state index in [1.165, 1.54) is 6.92 Å². The van der Waals surface area contributed by atoms with Gasteiger partial charge in [0.25, 0.3) is 0 Å². The second-order valence-electron chi connectivity index (χ2n) is 18.2. The summed E-state index contributed by atoms with van der Waals surface area (Å²) in [4.78, 5) is 43.2. The maximum absolute atomic E-state index is 17.1. The minimum absolute atomic E-state index is 0.00320. The zero-order valence-corrected chi connectivity index (χ0v) is 35.7. The Morgan fingerprint density at radius 3 is 2.44 bits per heavy atom. The van der Waals surface area contributed by atoms with E-state index in [-0.39, 0.29) is 48.4 Å². The number of carbonyl (C=O) groups is 2. The Balaban J connectivity index is 1.01. The molecule has 0 spiro atoms. The first-order valence-corrected chi connectivity index (χ1v) is 21.4. The van der Waals surface area contributed by atoms with Crippen LogP contribution in [0.25, 0.3) is 32.9 Å². The van der Waals surface area contributed by atoms with Crippen molar-refractivity contribution in [3.05, 3.63) is 89.9 Å². The Morgan fingerprint density at radius 1 is 0.952 bits per heavy atom. The molecule has 2 N–H and O–H groups in total. The number of ether oxygens (including phenoxy) is 4. The number of hydrogen-bond acceptors (Lipinski definition) is 11. The molecule has 5 aromatic rings. The van der Waals surface area contributed by atoms with Crippen LogP contribution in [0.15, 0.2) is 72.9 Å². The standard InChI is InChI=1S/C47H54F2N6O7/c1-44(2,3)62-43(57)54-28-45(4,27-47(49,58)29-54)53-42(56)59-24-10-18-33-16-8-15-32-17-9-19-34(36(32)33)38-37(48)39-35(25-50-38)40(60-26-31-13-6-5-7-14-31)52-41(51-39)61-30-46-20-11-22-55(46)23-12-21-46/h5-9,13-17,19,25,58H,10-12,18,20-24,26-30H2,1-4H3,(H,53,56). The van der Waals surface area contributed by atoms with Crippen molar-refractivity contribution in [1.82, 2.24) is 30.1 Å². The van der Waals surface area contributed by atoms with Crippen molar-refractivity contribution in [2.45, 2.75) is 102 Å². The zero-order chi connectivity index (χ0) is 43.7. The van der Waals surface area contributed by atoms with E-state index in [9.17, 15) is 14.7 Å². The number of likely N-dealkylation sites (tertiary alicyclic amines) is 1. The quantitative estimate of drug-likeness (QED) is 0.117. The van der Waals surface area contributed by atoms with Gasteiger partial charge in [0.2, 0.25) is 11.7 Å². The molecule has 3 aliphatic heterocycles. The fraction of sp³-hybridized carbons (Fsp3) is 0.468. The first kappa shape index (κ1) is 43.0. The number of alkyl halides is 1. The summed E-state index contributed by atoms with van der Waals surface area (Å²) in [6, 6.07) is 21.1. The summed E-state index contributed by atoms with van der Waals surface area (Å²) in [5.41, 5.74) is 0.275. The van der Waals surface area contributed by atoms with Crippen molar-refractivity contribution in [1.29, 1.82) is 0 Å². The van der Waals surface area contributed by atoms with Crippen molar-refractivity contribution >= 4 is 33.9 Å². The van der Waals surface area contributed by atoms with E-state index in [1.54, 1.807) is 27.0 Å². The highest BCUT2D eigenvalue weighted by Gasteiger charge is 2.48. The molecule has 0 aliphatic carbocycles. The number of carbonyl (C=O) groups excluding carboxylic acids is 2. The molecule has 13 nitrogen and oxygen atoms in total. The van der Waals surface area contributed by atoms with Crippen molar-refractivity contribution in [2.24, 2.45) is 0 Å². The number of aliphatic hydroxyl groups is 1. The van der Waals surface area contributed by atoms with E-state index in [2.05, 4.69) is 25.2 Å². The maximum atomic E-state index is 17.1. The number of nitrogens with one attached hydrogen (secondary N) is 1. The molecule has 0 radical (unpaired) electrons. The van der Waals surface area contributed by atoms with Gasteiger partial charge in [0, 0.05) is 24.7 Å². The van der Waals surface area contributed by atoms with Gasteiger partial charge in [0.05, 0.1) is 29.6 Å². The Kier molecular flexibility index (Phi) is 12.0. The number of alkyl carbamates (subject to hydrolysis) is 1. The van der Waals surface area contributed by atoms with Gasteiger partial charge in [-0.3, -0.25) is 9.88 Å². The number of aryl methyl sites for hydroxylation is 1. The van der Waals surface area contributed by atoms with Gasteiger partial charge >= 0.3 is 18.2 Å². The number of benzene rings is 3. The van der Waals surface area contributed by atoms with E-state index < -0.39 is 48.0 Å². The number of pyridine rings is 1. The van der Waals surface area contributed by atoms with Crippen LogP contribution in [0.3, 0.4) is 0 Å². The number of nitrogens with zero attached hydrogens (tertiary/aromatic N) is 5. The average molecular weight is 853 g/mol. The van der Waals surface area contributed by atoms with Gasteiger partial charge < -0.3 is 34.3 Å². The number of β-amino-alcohol motifs (C(OH)–C–C–N with tert-alkyl or cyclic N) is 1. The minimum Gasteiger partial charge on any atom is -0.472 e. The molecule has 2 atom stereocenters. The lowest BCUT2D eigenvalue weighted by atomic mass is 9.88. The van der Waals surface area contributed by atoms with Crippen LogP contribution >= 0.6 is 0 Å². The van der Waals surface area contributed by atoms with E-state index >= 15 is 8.78 Å². The molecular weight excluding hydrogens is 799 g/mol. The summed E-state index contributed by atoms with van der Waals surface area (Å²) in [5, 5.41) is 15.0. The van der Waals surface area contributed by atoms with Gasteiger partial charge in [-0.15, -0.1) is 0 Å². The molecule has 62 heavy (non-hydrogen) atoms. The molecule has 15 heteroatoms. The van der Waals surface area contributed by atoms with Gasteiger partial charge in [-0.2, -0.15) is 9.97 Å². The lowest BCUT2D eigenvalue weighted by Gasteiger charge is -2.45. The second kappa shape index (κ2) is 17.2.